The molecule has 0 amide bonds. The number of aryl methyl sites for hydroxylation is 1. The SMILES string of the molecule is CCOC(=O)/C=C/CSc1ccccc1C. The minimum absolute atomic E-state index is 0.270. The molecule has 2 nitrogen and oxygen atoms in total. The molecule has 0 fully saturated rings. The van der Waals surface area contributed by atoms with Crippen LogP contribution >= 0.6 is 11.8 Å². The molecule has 0 aliphatic heterocycles. The summed E-state index contributed by atoms with van der Waals surface area (Å²) >= 11 is 1.71. The minimum atomic E-state index is -0.270. The first-order chi connectivity index (χ1) is 7.74. The standard InChI is InChI=1S/C13H16O2S/c1-3-15-13(14)9-6-10-16-12-8-5-4-7-11(12)2/h4-9H,3,10H2,1-2H3/b9-6+. The highest BCUT2D eigenvalue weighted by atomic mass is 32.2. The van der Waals surface area contributed by atoms with Crippen molar-refractivity contribution in [3.8, 4) is 0 Å². The summed E-state index contributed by atoms with van der Waals surface area (Å²) in [5.74, 6) is 0.511. The van der Waals surface area contributed by atoms with Crippen LogP contribution in [0.25, 0.3) is 0 Å². The van der Waals surface area contributed by atoms with Gasteiger partial charge in [0.15, 0.2) is 0 Å². The molecule has 0 saturated heterocycles. The van der Waals surface area contributed by atoms with Crippen molar-refractivity contribution in [2.45, 2.75) is 18.7 Å². The summed E-state index contributed by atoms with van der Waals surface area (Å²) in [5.41, 5.74) is 1.26. The third-order valence-electron chi connectivity index (χ3n) is 1.97. The Labute approximate surface area is 101 Å². The summed E-state index contributed by atoms with van der Waals surface area (Å²) in [4.78, 5) is 12.2. The summed E-state index contributed by atoms with van der Waals surface area (Å²) in [6.07, 6.45) is 3.31. The first-order valence-corrected chi connectivity index (χ1v) is 6.24. The number of ether oxygens (including phenoxy) is 1. The molecule has 0 aliphatic carbocycles. The van der Waals surface area contributed by atoms with Crippen LogP contribution in [0.4, 0.5) is 0 Å². The lowest BCUT2D eigenvalue weighted by Crippen LogP contribution is -1.98. The lowest BCUT2D eigenvalue weighted by molar-refractivity contribution is -0.137. The Morgan fingerprint density at radius 2 is 2.19 bits per heavy atom. The van der Waals surface area contributed by atoms with E-state index in [9.17, 15) is 4.79 Å². The lowest BCUT2D eigenvalue weighted by Gasteiger charge is -2.01. The van der Waals surface area contributed by atoms with E-state index in [2.05, 4.69) is 19.1 Å². The van der Waals surface area contributed by atoms with Gasteiger partial charge in [-0.1, -0.05) is 24.3 Å². The molecule has 1 rings (SSSR count). The molecule has 3 heteroatoms. The van der Waals surface area contributed by atoms with Crippen molar-refractivity contribution >= 4 is 17.7 Å². The van der Waals surface area contributed by atoms with Crippen molar-refractivity contribution in [3.63, 3.8) is 0 Å². The summed E-state index contributed by atoms with van der Waals surface area (Å²) in [5, 5.41) is 0. The van der Waals surface area contributed by atoms with E-state index in [1.54, 1.807) is 18.7 Å². The summed E-state index contributed by atoms with van der Waals surface area (Å²) in [7, 11) is 0. The number of benzene rings is 1. The quantitative estimate of drug-likeness (QED) is 0.446. The van der Waals surface area contributed by atoms with E-state index in [0.29, 0.717) is 6.61 Å². The molecule has 0 atom stereocenters. The molecular formula is C13H16O2S. The maximum Gasteiger partial charge on any atom is 0.330 e. The molecule has 0 spiro atoms. The maximum absolute atomic E-state index is 11.0. The molecule has 0 radical (unpaired) electrons. The number of esters is 1. The lowest BCUT2D eigenvalue weighted by atomic mass is 10.2. The van der Waals surface area contributed by atoms with E-state index < -0.39 is 0 Å². The zero-order chi connectivity index (χ0) is 11.8. The Kier molecular flexibility index (Phi) is 5.72. The Morgan fingerprint density at radius 1 is 1.44 bits per heavy atom. The maximum atomic E-state index is 11.0. The van der Waals surface area contributed by atoms with Crippen LogP contribution in [0.2, 0.25) is 0 Å². The van der Waals surface area contributed by atoms with Crippen LogP contribution < -0.4 is 0 Å². The van der Waals surface area contributed by atoms with Crippen LogP contribution in [0, 0.1) is 6.92 Å². The molecule has 0 saturated carbocycles. The molecule has 0 N–H and O–H groups in total. The molecule has 0 heterocycles. The van der Waals surface area contributed by atoms with Crippen molar-refractivity contribution < 1.29 is 9.53 Å². The van der Waals surface area contributed by atoms with Gasteiger partial charge >= 0.3 is 5.97 Å². The Balaban J connectivity index is 2.36. The van der Waals surface area contributed by atoms with Gasteiger partial charge in [-0.3, -0.25) is 0 Å². The molecule has 0 bridgehead atoms. The fraction of sp³-hybridized carbons (Fsp3) is 0.308. The average Bonchev–Trinajstić information content (AvgIpc) is 2.27. The highest BCUT2D eigenvalue weighted by Crippen LogP contribution is 2.21. The second-order valence-corrected chi connectivity index (χ2v) is 4.29. The first kappa shape index (κ1) is 12.8. The van der Waals surface area contributed by atoms with Crippen LogP contribution in [-0.4, -0.2) is 18.3 Å². The molecule has 86 valence electrons. The van der Waals surface area contributed by atoms with E-state index in [0.717, 1.165) is 5.75 Å². The van der Waals surface area contributed by atoms with Crippen LogP contribution in [0.3, 0.4) is 0 Å². The second-order valence-electron chi connectivity index (χ2n) is 3.23. The molecule has 16 heavy (non-hydrogen) atoms. The van der Waals surface area contributed by atoms with E-state index in [-0.39, 0.29) is 5.97 Å². The van der Waals surface area contributed by atoms with Gasteiger partial charge in [0.25, 0.3) is 0 Å². The summed E-state index contributed by atoms with van der Waals surface area (Å²) in [6, 6.07) is 8.20. The third-order valence-corrected chi connectivity index (χ3v) is 3.10. The zero-order valence-corrected chi connectivity index (χ0v) is 10.4. The fourth-order valence-electron chi connectivity index (χ4n) is 1.19. The number of hydrogen-bond acceptors (Lipinski definition) is 3. The molecule has 1 aromatic rings. The normalized spacial score (nSPS) is 10.6. The summed E-state index contributed by atoms with van der Waals surface area (Å²) in [6.45, 7) is 4.30. The van der Waals surface area contributed by atoms with Gasteiger partial charge in [-0.25, -0.2) is 4.79 Å². The highest BCUT2D eigenvalue weighted by Gasteiger charge is 1.96. The molecule has 0 aliphatic rings. The number of rotatable bonds is 5. The van der Waals surface area contributed by atoms with Gasteiger partial charge in [-0.05, 0) is 25.5 Å². The van der Waals surface area contributed by atoms with E-state index in [1.807, 2.05) is 18.2 Å². The molecule has 0 aromatic heterocycles. The van der Waals surface area contributed by atoms with Gasteiger partial charge in [-0.15, -0.1) is 11.8 Å². The molecule has 1 aromatic carbocycles. The van der Waals surface area contributed by atoms with Gasteiger partial charge in [0, 0.05) is 16.7 Å². The predicted molar refractivity (Wildman–Crippen MR) is 67.7 cm³/mol. The topological polar surface area (TPSA) is 26.3 Å². The van der Waals surface area contributed by atoms with Crippen LogP contribution in [0.5, 0.6) is 0 Å². The van der Waals surface area contributed by atoms with Crippen molar-refractivity contribution in [2.24, 2.45) is 0 Å². The van der Waals surface area contributed by atoms with Gasteiger partial charge in [0.2, 0.25) is 0 Å². The van der Waals surface area contributed by atoms with Crippen molar-refractivity contribution in [2.75, 3.05) is 12.4 Å². The number of hydrogen-bond donors (Lipinski definition) is 0. The second kappa shape index (κ2) is 7.12. The van der Waals surface area contributed by atoms with Crippen LogP contribution in [0.15, 0.2) is 41.3 Å². The van der Waals surface area contributed by atoms with Crippen molar-refractivity contribution in [1.29, 1.82) is 0 Å². The minimum Gasteiger partial charge on any atom is -0.463 e. The highest BCUT2D eigenvalue weighted by molar-refractivity contribution is 7.99. The Morgan fingerprint density at radius 3 is 2.88 bits per heavy atom. The molecular weight excluding hydrogens is 220 g/mol. The fourth-order valence-corrected chi connectivity index (χ4v) is 2.03. The number of carbonyl (C=O) groups is 1. The van der Waals surface area contributed by atoms with Crippen molar-refractivity contribution in [1.82, 2.24) is 0 Å². The van der Waals surface area contributed by atoms with E-state index in [4.69, 9.17) is 4.74 Å². The number of carbonyl (C=O) groups excluding carboxylic acids is 1. The monoisotopic (exact) mass is 236 g/mol. The number of thioether (sulfide) groups is 1. The molecule has 0 unspecified atom stereocenters. The van der Waals surface area contributed by atoms with Gasteiger partial charge in [0.1, 0.15) is 0 Å². The summed E-state index contributed by atoms with van der Waals surface area (Å²) < 4.78 is 4.78. The van der Waals surface area contributed by atoms with Crippen LogP contribution in [0.1, 0.15) is 12.5 Å². The average molecular weight is 236 g/mol. The van der Waals surface area contributed by atoms with Gasteiger partial charge < -0.3 is 4.74 Å². The first-order valence-electron chi connectivity index (χ1n) is 5.25. The van der Waals surface area contributed by atoms with Gasteiger partial charge in [-0.2, -0.15) is 0 Å². The van der Waals surface area contributed by atoms with Crippen molar-refractivity contribution in [3.05, 3.63) is 42.0 Å². The predicted octanol–water partition coefficient (Wildman–Crippen LogP) is 3.21. The van der Waals surface area contributed by atoms with E-state index >= 15 is 0 Å². The van der Waals surface area contributed by atoms with Crippen LogP contribution in [-0.2, 0) is 9.53 Å². The van der Waals surface area contributed by atoms with E-state index in [1.165, 1.54) is 16.5 Å². The third kappa shape index (κ3) is 4.53. The zero-order valence-electron chi connectivity index (χ0n) is 9.60. The van der Waals surface area contributed by atoms with Gasteiger partial charge in [0.05, 0.1) is 6.61 Å². The smallest absolute Gasteiger partial charge is 0.330 e. The Bertz CT molecular complexity index is 372. The Hall–Kier alpha value is -1.22. The largest absolute Gasteiger partial charge is 0.463 e.